The van der Waals surface area contributed by atoms with Crippen molar-refractivity contribution in [1.82, 2.24) is 0 Å². The first kappa shape index (κ1) is 30.4. The summed E-state index contributed by atoms with van der Waals surface area (Å²) in [6, 6.07) is 0. The van der Waals surface area contributed by atoms with Gasteiger partial charge in [-0.3, -0.25) is 4.79 Å². The van der Waals surface area contributed by atoms with Crippen LogP contribution in [-0.2, 0) is 9.53 Å². The Morgan fingerprint density at radius 3 is 1.92 bits per heavy atom. The lowest BCUT2D eigenvalue weighted by Gasteiger charge is -2.55. The van der Waals surface area contributed by atoms with Gasteiger partial charge in [0.05, 0.1) is 0 Å². The molecular weight excluding hydrogens is 464 g/mol. The molecule has 2 nitrogen and oxygen atoms in total. The van der Waals surface area contributed by atoms with E-state index in [9.17, 15) is 4.79 Å². The van der Waals surface area contributed by atoms with Crippen molar-refractivity contribution in [3.05, 3.63) is 0 Å². The Balaban J connectivity index is 1.47. The predicted octanol–water partition coefficient (Wildman–Crippen LogP) is 11.2. The van der Waals surface area contributed by atoms with E-state index in [4.69, 9.17) is 4.74 Å². The maximum Gasteiger partial charge on any atom is 0.293 e. The molecule has 0 saturated heterocycles. The minimum atomic E-state index is -0.158. The van der Waals surface area contributed by atoms with Crippen LogP contribution < -0.4 is 0 Å². The van der Waals surface area contributed by atoms with E-state index in [0.29, 0.717) is 10.8 Å². The van der Waals surface area contributed by atoms with Gasteiger partial charge in [0.1, 0.15) is 5.60 Å². The highest BCUT2D eigenvalue weighted by Gasteiger charge is 2.51. The first-order valence-electron chi connectivity index (χ1n) is 17.6. The topological polar surface area (TPSA) is 26.3 Å². The van der Waals surface area contributed by atoms with E-state index in [-0.39, 0.29) is 5.60 Å². The zero-order chi connectivity index (χ0) is 26.9. The van der Waals surface area contributed by atoms with E-state index in [1.165, 1.54) is 141 Å². The van der Waals surface area contributed by atoms with E-state index < -0.39 is 0 Å². The van der Waals surface area contributed by atoms with Gasteiger partial charge >= 0.3 is 0 Å². The number of hydrogen-bond acceptors (Lipinski definition) is 2. The Kier molecular flexibility index (Phi) is 11.5. The number of hydrogen-bond donors (Lipinski definition) is 0. The number of carbonyl (C=O) groups excluding carboxylic acids is 1. The van der Waals surface area contributed by atoms with Crippen molar-refractivity contribution in [1.29, 1.82) is 0 Å². The van der Waals surface area contributed by atoms with Gasteiger partial charge in [-0.2, -0.15) is 0 Å². The van der Waals surface area contributed by atoms with Crippen LogP contribution in [-0.4, -0.2) is 12.1 Å². The molecule has 4 fully saturated rings. The summed E-state index contributed by atoms with van der Waals surface area (Å²) in [5, 5.41) is 0. The molecule has 0 aromatic carbocycles. The minimum absolute atomic E-state index is 0.158. The summed E-state index contributed by atoms with van der Waals surface area (Å²) in [6.07, 6.45) is 34.9. The summed E-state index contributed by atoms with van der Waals surface area (Å²) in [6.45, 7) is 8.10. The Morgan fingerprint density at radius 1 is 0.737 bits per heavy atom. The lowest BCUT2D eigenvalue weighted by atomic mass is 9.50. The normalized spacial score (nSPS) is 34.3. The highest BCUT2D eigenvalue weighted by molar-refractivity contribution is 5.38. The van der Waals surface area contributed by atoms with E-state index in [1.807, 2.05) is 0 Å². The molecule has 0 N–H and O–H groups in total. The molecule has 0 aliphatic heterocycles. The van der Waals surface area contributed by atoms with Gasteiger partial charge in [-0.1, -0.05) is 97.8 Å². The molecule has 0 amide bonds. The molecule has 0 aromatic heterocycles. The van der Waals surface area contributed by atoms with Crippen LogP contribution in [0.1, 0.15) is 181 Å². The van der Waals surface area contributed by atoms with Crippen molar-refractivity contribution in [2.45, 2.75) is 187 Å². The summed E-state index contributed by atoms with van der Waals surface area (Å²) in [7, 11) is 0. The van der Waals surface area contributed by atoms with E-state index in [1.54, 1.807) is 0 Å². The van der Waals surface area contributed by atoms with Crippen molar-refractivity contribution in [2.24, 2.45) is 34.5 Å². The maximum absolute atomic E-state index is 11.5. The molecule has 4 aliphatic rings. The summed E-state index contributed by atoms with van der Waals surface area (Å²) >= 11 is 0. The first-order valence-corrected chi connectivity index (χ1v) is 17.6. The second kappa shape index (κ2) is 14.4. The standard InChI is InChI=1S/C36H64O2/c1-4-6-14-31-15-17-32(18-16-31)34(21-10-8-11-22-34)28-30(3)36(24-12-9-13-25-36)33-19-26-35(27-20-33,38-29-37)23-7-5-2/h29-33H,4-28H2,1-3H3/t30?,31-,32-,33-,35+. The lowest BCUT2D eigenvalue weighted by molar-refractivity contribution is -0.152. The third-order valence-electron chi connectivity index (χ3n) is 13.0. The molecule has 0 radical (unpaired) electrons. The number of carbonyl (C=O) groups is 1. The third-order valence-corrected chi connectivity index (χ3v) is 13.0. The van der Waals surface area contributed by atoms with Gasteiger partial charge in [-0.15, -0.1) is 0 Å². The Labute approximate surface area is 237 Å². The molecular formula is C36H64O2. The first-order chi connectivity index (χ1) is 18.5. The molecule has 1 atom stereocenters. The number of ether oxygens (including phenoxy) is 1. The Bertz CT molecular complexity index is 669. The summed E-state index contributed by atoms with van der Waals surface area (Å²) in [5.41, 5.74) is 1.02. The van der Waals surface area contributed by atoms with Crippen LogP contribution in [0.25, 0.3) is 0 Å². The van der Waals surface area contributed by atoms with Gasteiger partial charge in [-0.05, 0) is 118 Å². The summed E-state index contributed by atoms with van der Waals surface area (Å²) < 4.78 is 5.87. The molecule has 0 heterocycles. The molecule has 1 unspecified atom stereocenters. The predicted molar refractivity (Wildman–Crippen MR) is 161 cm³/mol. The van der Waals surface area contributed by atoms with E-state index >= 15 is 0 Å². The maximum atomic E-state index is 11.5. The largest absolute Gasteiger partial charge is 0.461 e. The molecule has 4 rings (SSSR count). The zero-order valence-electron chi connectivity index (χ0n) is 25.9. The van der Waals surface area contributed by atoms with Crippen LogP contribution in [0.5, 0.6) is 0 Å². The second-order valence-corrected chi connectivity index (χ2v) is 15.0. The van der Waals surface area contributed by atoms with Gasteiger partial charge in [0.25, 0.3) is 6.47 Å². The van der Waals surface area contributed by atoms with Crippen LogP contribution in [0, 0.1) is 34.5 Å². The number of unbranched alkanes of at least 4 members (excludes halogenated alkanes) is 2. The average Bonchev–Trinajstić information content (AvgIpc) is 2.96. The molecule has 2 heteroatoms. The van der Waals surface area contributed by atoms with Gasteiger partial charge in [0.15, 0.2) is 0 Å². The molecule has 220 valence electrons. The zero-order valence-corrected chi connectivity index (χ0v) is 25.9. The van der Waals surface area contributed by atoms with Crippen molar-refractivity contribution >= 4 is 6.47 Å². The van der Waals surface area contributed by atoms with Crippen LogP contribution in [0.3, 0.4) is 0 Å². The Hall–Kier alpha value is -0.530. The van der Waals surface area contributed by atoms with Crippen molar-refractivity contribution < 1.29 is 9.53 Å². The van der Waals surface area contributed by atoms with Gasteiger partial charge in [-0.25, -0.2) is 0 Å². The lowest BCUT2D eigenvalue weighted by Crippen LogP contribution is -2.47. The van der Waals surface area contributed by atoms with Gasteiger partial charge < -0.3 is 4.74 Å². The third kappa shape index (κ3) is 7.02. The van der Waals surface area contributed by atoms with Crippen LogP contribution >= 0.6 is 0 Å². The SMILES string of the molecule is CCCC[C@H]1CC[C@H](C2(CC(C)C3([C@H]4CC[C@@](CCCC)(OC=O)CC4)CCCCC3)CCCCC2)CC1. The fraction of sp³-hybridized carbons (Fsp3) is 0.972. The summed E-state index contributed by atoms with van der Waals surface area (Å²) in [5.74, 6) is 3.71. The minimum Gasteiger partial charge on any atom is -0.461 e. The van der Waals surface area contributed by atoms with Gasteiger partial charge in [0.2, 0.25) is 0 Å². The average molecular weight is 529 g/mol. The molecule has 0 spiro atoms. The Morgan fingerprint density at radius 2 is 1.34 bits per heavy atom. The molecule has 4 saturated carbocycles. The second-order valence-electron chi connectivity index (χ2n) is 15.0. The monoisotopic (exact) mass is 528 g/mol. The highest BCUT2D eigenvalue weighted by Crippen LogP contribution is 2.60. The molecule has 0 aromatic rings. The van der Waals surface area contributed by atoms with Crippen LogP contribution in [0.15, 0.2) is 0 Å². The summed E-state index contributed by atoms with van der Waals surface area (Å²) in [4.78, 5) is 11.5. The van der Waals surface area contributed by atoms with E-state index in [2.05, 4.69) is 20.8 Å². The van der Waals surface area contributed by atoms with Crippen LogP contribution in [0.2, 0.25) is 0 Å². The van der Waals surface area contributed by atoms with Gasteiger partial charge in [0, 0.05) is 0 Å². The fourth-order valence-corrected chi connectivity index (χ4v) is 10.7. The fourth-order valence-electron chi connectivity index (χ4n) is 10.7. The van der Waals surface area contributed by atoms with Crippen molar-refractivity contribution in [3.63, 3.8) is 0 Å². The molecule has 4 aliphatic carbocycles. The molecule has 0 bridgehead atoms. The van der Waals surface area contributed by atoms with Crippen LogP contribution in [0.4, 0.5) is 0 Å². The van der Waals surface area contributed by atoms with E-state index in [0.717, 1.165) is 49.4 Å². The smallest absolute Gasteiger partial charge is 0.293 e. The van der Waals surface area contributed by atoms with Crippen molar-refractivity contribution in [3.8, 4) is 0 Å². The highest BCUT2D eigenvalue weighted by atomic mass is 16.5. The quantitative estimate of drug-likeness (QED) is 0.222. The number of rotatable bonds is 13. The van der Waals surface area contributed by atoms with Crippen molar-refractivity contribution in [2.75, 3.05) is 0 Å². The molecule has 38 heavy (non-hydrogen) atoms.